The number of non-ortho nitro benzene ring substituents is 1. The summed E-state index contributed by atoms with van der Waals surface area (Å²) in [5, 5.41) is 26.5. The SMILES string of the molecule is COC(=O)C(Cc1ccccc1)NC(=O)NCc1cccc(-c2cccc(C3OC(CN4CCN(c5ccc([N+](=O)[O-])cc5)CC4)C(C)C(c4ccc(CO)cc4)O3)c2)c1. The molecule has 0 aromatic heterocycles. The third-order valence-corrected chi connectivity index (χ3v) is 11.3. The number of urea groups is 1. The van der Waals surface area contributed by atoms with Crippen LogP contribution in [0.3, 0.4) is 0 Å². The first kappa shape index (κ1) is 42.0. The number of aliphatic hydroxyl groups excluding tert-OH is 1. The van der Waals surface area contributed by atoms with Gasteiger partial charge in [-0.25, -0.2) is 9.59 Å². The van der Waals surface area contributed by atoms with E-state index >= 15 is 0 Å². The Labute approximate surface area is 350 Å². The minimum atomic E-state index is -0.836. The van der Waals surface area contributed by atoms with Gasteiger partial charge in [-0.1, -0.05) is 97.9 Å². The van der Waals surface area contributed by atoms with Crippen LogP contribution in [0.5, 0.6) is 0 Å². The van der Waals surface area contributed by atoms with E-state index in [0.29, 0.717) is 13.0 Å². The number of nitro groups is 1. The number of carbonyl (C=O) groups excluding carboxylic acids is 2. The molecule has 7 rings (SSSR count). The number of anilines is 1. The Morgan fingerprint density at radius 3 is 2.18 bits per heavy atom. The van der Waals surface area contributed by atoms with E-state index in [1.165, 1.54) is 7.11 Å². The van der Waals surface area contributed by atoms with Gasteiger partial charge in [0.15, 0.2) is 6.29 Å². The molecule has 2 aliphatic rings. The molecule has 0 radical (unpaired) electrons. The normalized spacial score (nSPS) is 19.9. The van der Waals surface area contributed by atoms with Crippen molar-refractivity contribution < 1.29 is 33.8 Å². The van der Waals surface area contributed by atoms with E-state index in [9.17, 15) is 24.8 Å². The number of nitrogens with zero attached hydrogens (tertiary/aromatic N) is 3. The maximum Gasteiger partial charge on any atom is 0.328 e. The summed E-state index contributed by atoms with van der Waals surface area (Å²) in [5.74, 6) is -0.507. The second-order valence-corrected chi connectivity index (χ2v) is 15.3. The van der Waals surface area contributed by atoms with E-state index < -0.39 is 24.3 Å². The van der Waals surface area contributed by atoms with Gasteiger partial charge in [-0.05, 0) is 57.6 Å². The monoisotopic (exact) mass is 813 g/mol. The number of piperazine rings is 1. The van der Waals surface area contributed by atoms with Crippen LogP contribution in [0.1, 0.15) is 47.1 Å². The van der Waals surface area contributed by atoms with E-state index in [2.05, 4.69) is 33.4 Å². The highest BCUT2D eigenvalue weighted by Gasteiger charge is 2.39. The van der Waals surface area contributed by atoms with Crippen LogP contribution in [0.25, 0.3) is 11.1 Å². The van der Waals surface area contributed by atoms with Crippen molar-refractivity contribution in [3.8, 4) is 11.1 Å². The molecule has 5 unspecified atom stereocenters. The predicted molar refractivity (Wildman–Crippen MR) is 228 cm³/mol. The zero-order valence-corrected chi connectivity index (χ0v) is 33.8. The largest absolute Gasteiger partial charge is 0.467 e. The molecule has 5 aromatic rings. The summed E-state index contributed by atoms with van der Waals surface area (Å²) in [5.41, 5.74) is 7.47. The Morgan fingerprint density at radius 1 is 0.817 bits per heavy atom. The lowest BCUT2D eigenvalue weighted by molar-refractivity contribution is -0.384. The van der Waals surface area contributed by atoms with Gasteiger partial charge in [0.25, 0.3) is 5.69 Å². The number of benzene rings is 5. The van der Waals surface area contributed by atoms with Crippen molar-refractivity contribution in [1.29, 1.82) is 0 Å². The number of nitro benzene ring substituents is 1. The number of carbonyl (C=O) groups is 2. The van der Waals surface area contributed by atoms with Crippen LogP contribution in [0.2, 0.25) is 0 Å². The maximum atomic E-state index is 13.0. The first-order valence-corrected chi connectivity index (χ1v) is 20.2. The van der Waals surface area contributed by atoms with E-state index in [4.69, 9.17) is 14.2 Å². The Hall–Kier alpha value is -6.12. The molecule has 13 nitrogen and oxygen atoms in total. The number of rotatable bonds is 14. The molecule has 60 heavy (non-hydrogen) atoms. The molecule has 2 saturated heterocycles. The van der Waals surface area contributed by atoms with Crippen LogP contribution in [0, 0.1) is 16.0 Å². The number of hydrogen-bond donors (Lipinski definition) is 3. The van der Waals surface area contributed by atoms with Crippen LogP contribution in [-0.4, -0.2) is 78.9 Å². The first-order chi connectivity index (χ1) is 29.2. The zero-order chi connectivity index (χ0) is 42.0. The Bertz CT molecular complexity index is 2210. The van der Waals surface area contributed by atoms with Crippen LogP contribution < -0.4 is 15.5 Å². The van der Waals surface area contributed by atoms with Crippen LogP contribution in [0.4, 0.5) is 16.2 Å². The number of methoxy groups -OCH3 is 1. The number of hydrogen-bond acceptors (Lipinski definition) is 10. The fourth-order valence-corrected chi connectivity index (χ4v) is 7.86. The highest BCUT2D eigenvalue weighted by molar-refractivity contribution is 5.83. The summed E-state index contributed by atoms with van der Waals surface area (Å²) in [4.78, 5) is 40.9. The smallest absolute Gasteiger partial charge is 0.328 e. The lowest BCUT2D eigenvalue weighted by atomic mass is 9.89. The van der Waals surface area contributed by atoms with E-state index in [0.717, 1.165) is 70.8 Å². The molecular formula is C47H51N5O8. The van der Waals surface area contributed by atoms with Gasteiger partial charge >= 0.3 is 12.0 Å². The van der Waals surface area contributed by atoms with Crippen molar-refractivity contribution in [1.82, 2.24) is 15.5 Å². The van der Waals surface area contributed by atoms with Crippen LogP contribution in [-0.2, 0) is 38.6 Å². The molecule has 13 heteroatoms. The third-order valence-electron chi connectivity index (χ3n) is 11.3. The van der Waals surface area contributed by atoms with Crippen molar-refractivity contribution in [3.05, 3.63) is 165 Å². The van der Waals surface area contributed by atoms with Crippen molar-refractivity contribution in [3.63, 3.8) is 0 Å². The summed E-state index contributed by atoms with van der Waals surface area (Å²) < 4.78 is 18.6. The molecule has 2 amide bonds. The number of nitrogens with one attached hydrogen (secondary N) is 2. The van der Waals surface area contributed by atoms with Gasteiger partial charge in [0.2, 0.25) is 0 Å². The second kappa shape index (κ2) is 19.8. The minimum Gasteiger partial charge on any atom is -0.467 e. The fourth-order valence-electron chi connectivity index (χ4n) is 7.86. The zero-order valence-electron chi connectivity index (χ0n) is 33.8. The summed E-state index contributed by atoms with van der Waals surface area (Å²) in [6.07, 6.45) is -0.769. The summed E-state index contributed by atoms with van der Waals surface area (Å²) in [6, 6.07) is 38.8. The van der Waals surface area contributed by atoms with Gasteiger partial charge in [0.05, 0.1) is 30.8 Å². The minimum absolute atomic E-state index is 0.0136. The Kier molecular flexibility index (Phi) is 13.8. The molecule has 2 aliphatic heterocycles. The molecule has 0 aliphatic carbocycles. The highest BCUT2D eigenvalue weighted by Crippen LogP contribution is 2.42. The predicted octanol–water partition coefficient (Wildman–Crippen LogP) is 6.95. The molecule has 0 saturated carbocycles. The molecule has 3 N–H and O–H groups in total. The summed E-state index contributed by atoms with van der Waals surface area (Å²) >= 11 is 0. The van der Waals surface area contributed by atoms with Crippen molar-refractivity contribution in [2.24, 2.45) is 5.92 Å². The van der Waals surface area contributed by atoms with Gasteiger partial charge in [-0.2, -0.15) is 0 Å². The van der Waals surface area contributed by atoms with Gasteiger partial charge in [0.1, 0.15) is 6.04 Å². The standard InChI is InChI=1S/C47H51N5O8/c1-32-43(30-50-22-24-51(25-23-50)40-18-20-41(21-19-40)52(56)57)59-46(60-44(32)36-16-14-34(31-53)15-17-36)39-13-7-12-38(28-39)37-11-6-10-35(26-37)29-48-47(55)49-42(45(54)58-2)27-33-8-4-3-5-9-33/h3-21,26,28,32,42-44,46,53H,22-25,27,29-31H2,1-2H3,(H2,48,49,55). The molecule has 5 aromatic carbocycles. The fraction of sp³-hybridized carbons (Fsp3) is 0.319. The maximum absolute atomic E-state index is 13.0. The van der Waals surface area contributed by atoms with Crippen molar-refractivity contribution in [2.45, 2.75) is 51.0 Å². The highest BCUT2D eigenvalue weighted by atomic mass is 16.7. The van der Waals surface area contributed by atoms with Crippen molar-refractivity contribution >= 4 is 23.4 Å². The second-order valence-electron chi connectivity index (χ2n) is 15.3. The van der Waals surface area contributed by atoms with Gasteiger partial charge < -0.3 is 34.9 Å². The molecule has 2 fully saturated rings. The Balaban J connectivity index is 1.03. The lowest BCUT2D eigenvalue weighted by Gasteiger charge is -2.44. The van der Waals surface area contributed by atoms with E-state index in [-0.39, 0.29) is 41.9 Å². The van der Waals surface area contributed by atoms with Gasteiger partial charge in [0, 0.05) is 75.0 Å². The first-order valence-electron chi connectivity index (χ1n) is 20.2. The van der Waals surface area contributed by atoms with Crippen molar-refractivity contribution in [2.75, 3.05) is 44.7 Å². The number of aliphatic hydroxyl groups is 1. The molecule has 0 bridgehead atoms. The average molecular weight is 814 g/mol. The van der Waals surface area contributed by atoms with E-state index in [1.54, 1.807) is 12.1 Å². The number of ether oxygens (including phenoxy) is 3. The summed E-state index contributed by atoms with van der Waals surface area (Å²) in [6.45, 7) is 6.26. The molecule has 312 valence electrons. The number of amides is 2. The lowest BCUT2D eigenvalue weighted by Crippen LogP contribution is -2.51. The quantitative estimate of drug-likeness (QED) is 0.0610. The van der Waals surface area contributed by atoms with Gasteiger partial charge in [-0.3, -0.25) is 15.0 Å². The molecule has 5 atom stereocenters. The van der Waals surface area contributed by atoms with Gasteiger partial charge in [-0.15, -0.1) is 0 Å². The number of esters is 1. The Morgan fingerprint density at radius 2 is 1.50 bits per heavy atom. The van der Waals surface area contributed by atoms with Crippen LogP contribution in [0.15, 0.2) is 127 Å². The third kappa shape index (κ3) is 10.5. The average Bonchev–Trinajstić information content (AvgIpc) is 3.29. The topological polar surface area (TPSA) is 156 Å². The molecular weight excluding hydrogens is 763 g/mol. The summed E-state index contributed by atoms with van der Waals surface area (Å²) in [7, 11) is 1.30. The molecule has 2 heterocycles. The molecule has 0 spiro atoms. The van der Waals surface area contributed by atoms with E-state index in [1.807, 2.05) is 109 Å². The van der Waals surface area contributed by atoms with Crippen LogP contribution >= 0.6 is 0 Å².